The standard InChI is InChI=1S/C20H17N3O4/c1-20(9-15-6-7-16-17(8-15)27-12-26-16)18(24)23(19(25)22-20)11-14-4-2-13(10-21)3-5-14/h2-8H,9,11-12H2,1H3,(H,22,25). The normalized spacial score (nSPS) is 20.5. The van der Waals surface area contributed by atoms with E-state index in [1.165, 1.54) is 4.90 Å². The molecule has 1 unspecified atom stereocenters. The van der Waals surface area contributed by atoms with E-state index in [0.29, 0.717) is 23.5 Å². The number of nitriles is 1. The number of hydrogen-bond acceptors (Lipinski definition) is 5. The number of carbonyl (C=O) groups excluding carboxylic acids is 2. The number of rotatable bonds is 4. The Morgan fingerprint density at radius 1 is 1.11 bits per heavy atom. The van der Waals surface area contributed by atoms with Crippen molar-refractivity contribution in [2.24, 2.45) is 0 Å². The Morgan fingerprint density at radius 3 is 2.56 bits per heavy atom. The molecule has 0 saturated carbocycles. The molecule has 136 valence electrons. The minimum absolute atomic E-state index is 0.160. The highest BCUT2D eigenvalue weighted by molar-refractivity contribution is 6.06. The molecule has 0 radical (unpaired) electrons. The predicted octanol–water partition coefficient (Wildman–Crippen LogP) is 2.34. The third kappa shape index (κ3) is 3.06. The Labute approximate surface area is 156 Å². The fraction of sp³-hybridized carbons (Fsp3) is 0.250. The third-order valence-electron chi connectivity index (χ3n) is 4.76. The van der Waals surface area contributed by atoms with E-state index in [1.807, 2.05) is 18.2 Å². The highest BCUT2D eigenvalue weighted by Gasteiger charge is 2.47. The van der Waals surface area contributed by atoms with Gasteiger partial charge in [0, 0.05) is 6.42 Å². The van der Waals surface area contributed by atoms with Crippen LogP contribution in [-0.4, -0.2) is 29.2 Å². The largest absolute Gasteiger partial charge is 0.454 e. The van der Waals surface area contributed by atoms with Crippen molar-refractivity contribution in [3.8, 4) is 17.6 Å². The second kappa shape index (κ2) is 6.32. The number of fused-ring (bicyclic) bond motifs is 1. The summed E-state index contributed by atoms with van der Waals surface area (Å²) in [7, 11) is 0. The molecule has 2 aliphatic rings. The summed E-state index contributed by atoms with van der Waals surface area (Å²) in [5.74, 6) is 1.03. The number of nitrogens with zero attached hydrogens (tertiary/aromatic N) is 2. The Kier molecular flexibility index (Phi) is 3.96. The monoisotopic (exact) mass is 363 g/mol. The van der Waals surface area contributed by atoms with Crippen LogP contribution in [0.5, 0.6) is 11.5 Å². The summed E-state index contributed by atoms with van der Waals surface area (Å²) in [6, 6.07) is 13.9. The maximum absolute atomic E-state index is 12.9. The summed E-state index contributed by atoms with van der Waals surface area (Å²) in [6.07, 6.45) is 0.345. The molecule has 2 aromatic carbocycles. The Morgan fingerprint density at radius 2 is 1.81 bits per heavy atom. The Hall–Kier alpha value is -3.53. The zero-order valence-electron chi connectivity index (χ0n) is 14.7. The Bertz CT molecular complexity index is 964. The summed E-state index contributed by atoms with van der Waals surface area (Å²) < 4.78 is 10.7. The van der Waals surface area contributed by atoms with Gasteiger partial charge in [0.1, 0.15) is 5.54 Å². The number of urea groups is 1. The van der Waals surface area contributed by atoms with Crippen LogP contribution in [0.25, 0.3) is 0 Å². The van der Waals surface area contributed by atoms with E-state index in [1.54, 1.807) is 37.3 Å². The summed E-state index contributed by atoms with van der Waals surface area (Å²) in [4.78, 5) is 26.5. The molecule has 7 heteroatoms. The van der Waals surface area contributed by atoms with E-state index in [-0.39, 0.29) is 19.2 Å². The first-order valence-corrected chi connectivity index (χ1v) is 8.50. The highest BCUT2D eigenvalue weighted by Crippen LogP contribution is 2.34. The van der Waals surface area contributed by atoms with Crippen LogP contribution in [0.3, 0.4) is 0 Å². The van der Waals surface area contributed by atoms with Crippen LogP contribution in [0.2, 0.25) is 0 Å². The molecule has 2 aliphatic heterocycles. The number of ether oxygens (including phenoxy) is 2. The van der Waals surface area contributed by atoms with Gasteiger partial charge in [-0.05, 0) is 42.3 Å². The first kappa shape index (κ1) is 16.9. The summed E-state index contributed by atoms with van der Waals surface area (Å²) in [6.45, 7) is 2.06. The number of nitrogens with one attached hydrogen (secondary N) is 1. The van der Waals surface area contributed by atoms with Gasteiger partial charge in [-0.25, -0.2) is 4.79 Å². The van der Waals surface area contributed by atoms with Gasteiger partial charge in [0.25, 0.3) is 5.91 Å². The molecule has 1 atom stereocenters. The van der Waals surface area contributed by atoms with Crippen molar-refractivity contribution in [1.82, 2.24) is 10.2 Å². The van der Waals surface area contributed by atoms with Crippen LogP contribution in [0, 0.1) is 11.3 Å². The molecule has 4 rings (SSSR count). The molecule has 2 aromatic rings. The summed E-state index contributed by atoms with van der Waals surface area (Å²) >= 11 is 0. The van der Waals surface area contributed by atoms with Crippen LogP contribution in [0.4, 0.5) is 4.79 Å². The van der Waals surface area contributed by atoms with Gasteiger partial charge in [-0.15, -0.1) is 0 Å². The van der Waals surface area contributed by atoms with Crippen LogP contribution in [0.1, 0.15) is 23.6 Å². The molecular weight excluding hydrogens is 346 g/mol. The minimum Gasteiger partial charge on any atom is -0.454 e. The predicted molar refractivity (Wildman–Crippen MR) is 94.9 cm³/mol. The number of hydrogen-bond donors (Lipinski definition) is 1. The number of benzene rings is 2. The molecule has 0 aliphatic carbocycles. The summed E-state index contributed by atoms with van der Waals surface area (Å²) in [5.41, 5.74) is 1.15. The molecule has 0 aromatic heterocycles. The maximum atomic E-state index is 12.9. The molecule has 1 saturated heterocycles. The zero-order chi connectivity index (χ0) is 19.0. The van der Waals surface area contributed by atoms with E-state index in [2.05, 4.69) is 5.32 Å². The highest BCUT2D eigenvalue weighted by atomic mass is 16.7. The number of carbonyl (C=O) groups is 2. The van der Waals surface area contributed by atoms with Gasteiger partial charge in [-0.1, -0.05) is 18.2 Å². The first-order chi connectivity index (χ1) is 13.0. The lowest BCUT2D eigenvalue weighted by Crippen LogP contribution is -2.45. The van der Waals surface area contributed by atoms with Gasteiger partial charge in [-0.2, -0.15) is 5.26 Å². The molecule has 2 heterocycles. The molecule has 3 amide bonds. The molecule has 0 spiro atoms. The summed E-state index contributed by atoms with van der Waals surface area (Å²) in [5, 5.41) is 11.7. The smallest absolute Gasteiger partial charge is 0.325 e. The average molecular weight is 363 g/mol. The van der Waals surface area contributed by atoms with Crippen molar-refractivity contribution in [3.05, 3.63) is 59.2 Å². The van der Waals surface area contributed by atoms with Crippen molar-refractivity contribution < 1.29 is 19.1 Å². The third-order valence-corrected chi connectivity index (χ3v) is 4.76. The quantitative estimate of drug-likeness (QED) is 0.842. The van der Waals surface area contributed by atoms with Gasteiger partial charge >= 0.3 is 6.03 Å². The van der Waals surface area contributed by atoms with Crippen LogP contribution in [-0.2, 0) is 17.8 Å². The van der Waals surface area contributed by atoms with E-state index < -0.39 is 11.6 Å². The van der Waals surface area contributed by atoms with Gasteiger partial charge in [0.2, 0.25) is 6.79 Å². The van der Waals surface area contributed by atoms with Gasteiger partial charge in [-0.3, -0.25) is 9.69 Å². The SMILES string of the molecule is CC1(Cc2ccc3c(c2)OCO3)NC(=O)N(Cc2ccc(C#N)cc2)C1=O. The van der Waals surface area contributed by atoms with E-state index in [0.717, 1.165) is 11.1 Å². The van der Waals surface area contributed by atoms with E-state index in [4.69, 9.17) is 14.7 Å². The van der Waals surface area contributed by atoms with Gasteiger partial charge < -0.3 is 14.8 Å². The number of amides is 3. The van der Waals surface area contributed by atoms with E-state index >= 15 is 0 Å². The second-order valence-corrected chi connectivity index (χ2v) is 6.83. The fourth-order valence-corrected chi connectivity index (χ4v) is 3.34. The van der Waals surface area contributed by atoms with Crippen LogP contribution < -0.4 is 14.8 Å². The van der Waals surface area contributed by atoms with Crippen molar-refractivity contribution in [2.75, 3.05) is 6.79 Å². The topological polar surface area (TPSA) is 91.7 Å². The average Bonchev–Trinajstić information content (AvgIpc) is 3.20. The molecule has 27 heavy (non-hydrogen) atoms. The lowest BCUT2D eigenvalue weighted by molar-refractivity contribution is -0.131. The van der Waals surface area contributed by atoms with Crippen molar-refractivity contribution in [3.63, 3.8) is 0 Å². The van der Waals surface area contributed by atoms with Crippen molar-refractivity contribution >= 4 is 11.9 Å². The molecule has 1 N–H and O–H groups in total. The van der Waals surface area contributed by atoms with Crippen LogP contribution >= 0.6 is 0 Å². The molecule has 1 fully saturated rings. The first-order valence-electron chi connectivity index (χ1n) is 8.50. The lowest BCUT2D eigenvalue weighted by Gasteiger charge is -2.22. The minimum atomic E-state index is -1.03. The lowest BCUT2D eigenvalue weighted by atomic mass is 9.92. The second-order valence-electron chi connectivity index (χ2n) is 6.83. The molecular formula is C20H17N3O4. The van der Waals surface area contributed by atoms with Crippen molar-refractivity contribution in [1.29, 1.82) is 5.26 Å². The van der Waals surface area contributed by atoms with Gasteiger partial charge in [0.15, 0.2) is 11.5 Å². The van der Waals surface area contributed by atoms with Crippen molar-refractivity contribution in [2.45, 2.75) is 25.4 Å². The Balaban J connectivity index is 1.51. The number of imide groups is 1. The fourth-order valence-electron chi connectivity index (χ4n) is 3.34. The zero-order valence-corrected chi connectivity index (χ0v) is 14.7. The molecule has 7 nitrogen and oxygen atoms in total. The van der Waals surface area contributed by atoms with Gasteiger partial charge in [0.05, 0.1) is 18.2 Å². The maximum Gasteiger partial charge on any atom is 0.325 e. The molecule has 0 bridgehead atoms. The van der Waals surface area contributed by atoms with Crippen LogP contribution in [0.15, 0.2) is 42.5 Å². The van der Waals surface area contributed by atoms with E-state index in [9.17, 15) is 9.59 Å².